The first kappa shape index (κ1) is 38.0. The zero-order chi connectivity index (χ0) is 43.2. The van der Waals surface area contributed by atoms with Gasteiger partial charge in [-0.3, -0.25) is 0 Å². The zero-order valence-corrected chi connectivity index (χ0v) is 36.7. The van der Waals surface area contributed by atoms with Crippen molar-refractivity contribution in [2.24, 2.45) is 0 Å². The molecule has 2 aliphatic carbocycles. The fourth-order valence-electron chi connectivity index (χ4n) is 10.9. The van der Waals surface area contributed by atoms with Gasteiger partial charge in [0, 0.05) is 44.8 Å². The van der Waals surface area contributed by atoms with Gasteiger partial charge in [0.15, 0.2) is 0 Å². The third-order valence-electron chi connectivity index (χ3n) is 14.2. The molecule has 0 saturated carbocycles. The number of benzene rings is 10. The van der Waals surface area contributed by atoms with Gasteiger partial charge in [-0.1, -0.05) is 173 Å². The second-order valence-electron chi connectivity index (χ2n) is 18.6. The summed E-state index contributed by atoms with van der Waals surface area (Å²) in [6.45, 7) is 9.47. The molecule has 0 aromatic heterocycles. The van der Waals surface area contributed by atoms with Crippen LogP contribution in [0.25, 0.3) is 54.9 Å². The highest BCUT2D eigenvalue weighted by atomic mass is 15.2. The molecule has 0 atom stereocenters. The van der Waals surface area contributed by atoms with Gasteiger partial charge in [0.1, 0.15) is 0 Å². The molecular weight excluding hydrogens is 773 g/mol. The number of nitrogens with zero attached hydrogens (tertiary/aromatic N) is 2. The van der Waals surface area contributed by atoms with Gasteiger partial charge in [-0.05, 0) is 144 Å². The molecule has 0 spiro atoms. The summed E-state index contributed by atoms with van der Waals surface area (Å²) >= 11 is 0. The molecule has 0 heterocycles. The lowest BCUT2D eigenvalue weighted by molar-refractivity contribution is 0.660. The van der Waals surface area contributed by atoms with Crippen LogP contribution in [0.1, 0.15) is 49.9 Å². The lowest BCUT2D eigenvalue weighted by atomic mass is 9.82. The van der Waals surface area contributed by atoms with E-state index < -0.39 is 0 Å². The normalized spacial score (nSPS) is 13.9. The van der Waals surface area contributed by atoms with E-state index in [1.807, 2.05) is 0 Å². The van der Waals surface area contributed by atoms with Crippen molar-refractivity contribution in [3.8, 4) is 33.4 Å². The highest BCUT2D eigenvalue weighted by Gasteiger charge is 2.38. The first-order valence-electron chi connectivity index (χ1n) is 22.5. The maximum atomic E-state index is 2.47. The van der Waals surface area contributed by atoms with Gasteiger partial charge >= 0.3 is 0 Å². The first-order chi connectivity index (χ1) is 31.2. The van der Waals surface area contributed by atoms with Crippen molar-refractivity contribution in [3.63, 3.8) is 0 Å². The molecule has 2 aliphatic rings. The third kappa shape index (κ3) is 5.93. The van der Waals surface area contributed by atoms with E-state index in [1.165, 1.54) is 77.2 Å². The van der Waals surface area contributed by atoms with Gasteiger partial charge in [-0.2, -0.15) is 0 Å². The summed E-state index contributed by atoms with van der Waals surface area (Å²) in [6.07, 6.45) is 0. The Bertz CT molecular complexity index is 3340. The van der Waals surface area contributed by atoms with Crippen molar-refractivity contribution >= 4 is 55.7 Å². The van der Waals surface area contributed by atoms with Crippen molar-refractivity contribution in [1.29, 1.82) is 0 Å². The number of anilines is 6. The van der Waals surface area contributed by atoms with E-state index in [2.05, 4.69) is 256 Å². The van der Waals surface area contributed by atoms with Gasteiger partial charge in [0.25, 0.3) is 0 Å². The van der Waals surface area contributed by atoms with Crippen LogP contribution in [-0.2, 0) is 10.8 Å². The van der Waals surface area contributed by atoms with E-state index in [1.54, 1.807) is 0 Å². The maximum Gasteiger partial charge on any atom is 0.0546 e. The average molecular weight is 821 g/mol. The summed E-state index contributed by atoms with van der Waals surface area (Å²) in [7, 11) is 0. The quantitative estimate of drug-likeness (QED) is 0.158. The molecule has 306 valence electrons. The number of rotatable bonds is 7. The van der Waals surface area contributed by atoms with Crippen molar-refractivity contribution in [2.75, 3.05) is 9.80 Å². The number of hydrogen-bond donors (Lipinski definition) is 0. The fourth-order valence-corrected chi connectivity index (χ4v) is 10.9. The Balaban J connectivity index is 1.05. The molecule has 0 amide bonds. The SMILES string of the molecule is CC1(C)c2ccccc2-c2ccc(N(c3ccc(N(c4ccc5ccccc5c4)c4cc5ccccc5cc4-c4ccccc4)cc3)c3ccc4c(c3)C(C)(C)c3ccccc3-4)cc21. The molecule has 64 heavy (non-hydrogen) atoms. The molecule has 0 saturated heterocycles. The van der Waals surface area contributed by atoms with Crippen molar-refractivity contribution in [3.05, 3.63) is 241 Å². The highest BCUT2D eigenvalue weighted by molar-refractivity contribution is 6.00. The van der Waals surface area contributed by atoms with E-state index in [9.17, 15) is 0 Å². The Morgan fingerprint density at radius 1 is 0.266 bits per heavy atom. The summed E-state index contributed by atoms with van der Waals surface area (Å²) in [5, 5.41) is 4.85. The lowest BCUT2D eigenvalue weighted by Crippen LogP contribution is -2.18. The predicted octanol–water partition coefficient (Wildman–Crippen LogP) is 17.2. The van der Waals surface area contributed by atoms with Crippen LogP contribution >= 0.6 is 0 Å². The molecule has 0 unspecified atom stereocenters. The van der Waals surface area contributed by atoms with Gasteiger partial charge in [0.05, 0.1) is 5.69 Å². The maximum absolute atomic E-state index is 2.47. The second-order valence-corrected chi connectivity index (χ2v) is 18.6. The van der Waals surface area contributed by atoms with Crippen LogP contribution in [-0.4, -0.2) is 0 Å². The molecule has 2 heteroatoms. The first-order valence-corrected chi connectivity index (χ1v) is 22.5. The molecule has 0 aliphatic heterocycles. The van der Waals surface area contributed by atoms with Crippen LogP contribution in [0.3, 0.4) is 0 Å². The minimum atomic E-state index is -0.129. The Kier molecular flexibility index (Phi) is 8.58. The van der Waals surface area contributed by atoms with E-state index >= 15 is 0 Å². The summed E-state index contributed by atoms with van der Waals surface area (Å²) in [5.41, 5.74) is 19.6. The molecule has 2 nitrogen and oxygen atoms in total. The summed E-state index contributed by atoms with van der Waals surface area (Å²) < 4.78 is 0. The number of hydrogen-bond acceptors (Lipinski definition) is 2. The molecule has 0 fully saturated rings. The minimum Gasteiger partial charge on any atom is -0.310 e. The Morgan fingerprint density at radius 2 is 0.672 bits per heavy atom. The van der Waals surface area contributed by atoms with E-state index in [-0.39, 0.29) is 10.8 Å². The second kappa shape index (κ2) is 14.4. The van der Waals surface area contributed by atoms with Gasteiger partial charge in [-0.15, -0.1) is 0 Å². The molecule has 12 rings (SSSR count). The molecule has 10 aromatic rings. The largest absolute Gasteiger partial charge is 0.310 e. The van der Waals surface area contributed by atoms with E-state index in [0.29, 0.717) is 0 Å². The van der Waals surface area contributed by atoms with Gasteiger partial charge < -0.3 is 9.80 Å². The Hall–Kier alpha value is -7.68. The molecule has 0 N–H and O–H groups in total. The summed E-state index contributed by atoms with van der Waals surface area (Å²) in [6, 6.07) is 81.0. The monoisotopic (exact) mass is 820 g/mol. The lowest BCUT2D eigenvalue weighted by Gasteiger charge is -2.31. The van der Waals surface area contributed by atoms with Crippen LogP contribution in [0.4, 0.5) is 34.1 Å². The van der Waals surface area contributed by atoms with Crippen LogP contribution in [0, 0.1) is 0 Å². The molecule has 0 radical (unpaired) electrons. The number of fused-ring (bicyclic) bond motifs is 8. The summed E-state index contributed by atoms with van der Waals surface area (Å²) in [4.78, 5) is 4.91. The van der Waals surface area contributed by atoms with Gasteiger partial charge in [-0.25, -0.2) is 0 Å². The Morgan fingerprint density at radius 3 is 1.25 bits per heavy atom. The van der Waals surface area contributed by atoms with Crippen molar-refractivity contribution in [2.45, 2.75) is 38.5 Å². The van der Waals surface area contributed by atoms with Gasteiger partial charge in [0.2, 0.25) is 0 Å². The Labute approximate surface area is 376 Å². The van der Waals surface area contributed by atoms with Crippen LogP contribution in [0.15, 0.2) is 218 Å². The van der Waals surface area contributed by atoms with E-state index in [4.69, 9.17) is 0 Å². The topological polar surface area (TPSA) is 6.48 Å². The minimum absolute atomic E-state index is 0.129. The molecule has 10 aromatic carbocycles. The molecule has 0 bridgehead atoms. The average Bonchev–Trinajstić information content (AvgIpc) is 3.71. The summed E-state index contributed by atoms with van der Waals surface area (Å²) in [5.74, 6) is 0. The third-order valence-corrected chi connectivity index (χ3v) is 14.2. The van der Waals surface area contributed by atoms with Crippen molar-refractivity contribution < 1.29 is 0 Å². The molecular formula is C62H48N2. The smallest absolute Gasteiger partial charge is 0.0546 e. The van der Waals surface area contributed by atoms with Crippen LogP contribution in [0.5, 0.6) is 0 Å². The van der Waals surface area contributed by atoms with E-state index in [0.717, 1.165) is 34.1 Å². The predicted molar refractivity (Wildman–Crippen MR) is 271 cm³/mol. The highest BCUT2D eigenvalue weighted by Crippen LogP contribution is 2.53. The van der Waals surface area contributed by atoms with Crippen LogP contribution in [0.2, 0.25) is 0 Å². The fraction of sp³-hybridized carbons (Fsp3) is 0.0968. The van der Waals surface area contributed by atoms with Crippen molar-refractivity contribution in [1.82, 2.24) is 0 Å². The standard InChI is InChI=1S/C62H48N2/c1-61(2)56-24-14-12-22-51(56)53-34-32-49(39-58(53)61)63(50-33-35-54-52-23-13-15-25-57(52)62(3,4)59(54)40-50)46-28-30-47(31-29-46)64(48-27-26-41-16-8-9-19-43(41)36-48)60-38-45-21-11-10-20-44(45)37-55(60)42-17-6-5-7-18-42/h5-40H,1-4H3. The van der Waals surface area contributed by atoms with Crippen LogP contribution < -0.4 is 9.80 Å². The zero-order valence-electron chi connectivity index (χ0n) is 36.7.